The Kier molecular flexibility index (Phi) is 8.68. The maximum atomic E-state index is 5.80. The average Bonchev–Trinajstić information content (AvgIpc) is 2.40. The summed E-state index contributed by atoms with van der Waals surface area (Å²) in [5.41, 5.74) is 6.66. The Balaban J connectivity index is 2.56. The van der Waals surface area contributed by atoms with Crippen molar-refractivity contribution in [3.63, 3.8) is 0 Å². The van der Waals surface area contributed by atoms with Crippen LogP contribution in [0.1, 0.15) is 6.42 Å². The molecule has 18 heavy (non-hydrogen) atoms. The summed E-state index contributed by atoms with van der Waals surface area (Å²) < 4.78 is 0. The smallest absolute Gasteiger partial charge is 0.0399 e. The third-order valence-electron chi connectivity index (χ3n) is 2.53. The van der Waals surface area contributed by atoms with E-state index in [0.717, 1.165) is 31.8 Å². The number of hydrogen-bond donors (Lipinski definition) is 1. The maximum Gasteiger partial charge on any atom is 0.0399 e. The molecule has 0 aliphatic heterocycles. The van der Waals surface area contributed by atoms with E-state index in [-0.39, 0.29) is 0 Å². The van der Waals surface area contributed by atoms with Gasteiger partial charge in [-0.15, -0.1) is 35.0 Å². The summed E-state index contributed by atoms with van der Waals surface area (Å²) in [7, 11) is 0. The molecule has 0 aliphatic rings. The zero-order valence-electron chi connectivity index (χ0n) is 10.4. The summed E-state index contributed by atoms with van der Waals surface area (Å²) in [6.07, 6.45) is 1.05. The molecule has 0 radical (unpaired) electrons. The van der Waals surface area contributed by atoms with E-state index in [4.69, 9.17) is 28.9 Å². The molecule has 0 aliphatic carbocycles. The fraction of sp³-hybridized carbons (Fsp3) is 0.538. The van der Waals surface area contributed by atoms with E-state index in [9.17, 15) is 0 Å². The second-order valence-electron chi connectivity index (χ2n) is 3.85. The molecule has 0 saturated carbocycles. The molecule has 0 heterocycles. The monoisotopic (exact) mass is 306 g/mol. The van der Waals surface area contributed by atoms with Crippen LogP contribution in [0, 0.1) is 0 Å². The summed E-state index contributed by atoms with van der Waals surface area (Å²) in [6.45, 7) is 2.41. The van der Waals surface area contributed by atoms with Crippen molar-refractivity contribution in [3.05, 3.63) is 24.3 Å². The predicted molar refractivity (Wildman–Crippen MR) is 84.5 cm³/mol. The second kappa shape index (κ2) is 9.79. The number of alkyl halides is 2. The van der Waals surface area contributed by atoms with Gasteiger partial charge in [-0.25, -0.2) is 0 Å². The predicted octanol–water partition coefficient (Wildman–Crippen LogP) is 3.41. The Morgan fingerprint density at radius 1 is 1.06 bits per heavy atom. The summed E-state index contributed by atoms with van der Waals surface area (Å²) in [6, 6.07) is 8.55. The molecule has 0 spiro atoms. The van der Waals surface area contributed by atoms with Crippen molar-refractivity contribution in [2.24, 2.45) is 5.73 Å². The number of hydrogen-bond acceptors (Lipinski definition) is 3. The van der Waals surface area contributed by atoms with Crippen molar-refractivity contribution < 1.29 is 0 Å². The topological polar surface area (TPSA) is 29.3 Å². The third kappa shape index (κ3) is 5.70. The normalized spacial score (nSPS) is 10.6. The molecule has 0 fully saturated rings. The van der Waals surface area contributed by atoms with Gasteiger partial charge in [0.1, 0.15) is 0 Å². The lowest BCUT2D eigenvalue weighted by Gasteiger charge is -2.22. The fourth-order valence-corrected chi connectivity index (χ4v) is 2.88. The number of nitrogens with zero attached hydrogens (tertiary/aromatic N) is 1. The summed E-state index contributed by atoms with van der Waals surface area (Å²) >= 11 is 13.4. The van der Waals surface area contributed by atoms with E-state index in [1.165, 1.54) is 10.6 Å². The SMILES string of the molecule is NCCCSc1ccc(N(CCCl)CCCl)cc1. The van der Waals surface area contributed by atoms with Crippen LogP contribution in [0.3, 0.4) is 0 Å². The van der Waals surface area contributed by atoms with Crippen LogP contribution in [0.15, 0.2) is 29.2 Å². The van der Waals surface area contributed by atoms with Gasteiger partial charge in [0.05, 0.1) is 0 Å². The molecule has 2 N–H and O–H groups in total. The third-order valence-corrected chi connectivity index (χ3v) is 3.96. The van der Waals surface area contributed by atoms with Crippen LogP contribution in [0.5, 0.6) is 0 Å². The largest absolute Gasteiger partial charge is 0.369 e. The number of nitrogens with two attached hydrogens (primary N) is 1. The van der Waals surface area contributed by atoms with Gasteiger partial charge in [-0.2, -0.15) is 0 Å². The van der Waals surface area contributed by atoms with E-state index in [1.54, 1.807) is 0 Å². The fourth-order valence-electron chi connectivity index (χ4n) is 1.60. The molecule has 0 saturated heterocycles. The van der Waals surface area contributed by atoms with E-state index < -0.39 is 0 Å². The molecular formula is C13H20Cl2N2S. The first kappa shape index (κ1) is 16.0. The molecule has 5 heteroatoms. The molecule has 1 aromatic rings. The quantitative estimate of drug-likeness (QED) is 0.431. The van der Waals surface area contributed by atoms with Crippen LogP contribution in [0.4, 0.5) is 5.69 Å². The highest BCUT2D eigenvalue weighted by molar-refractivity contribution is 7.99. The minimum atomic E-state index is 0.615. The molecule has 0 bridgehead atoms. The molecular weight excluding hydrogens is 287 g/mol. The Labute approximate surface area is 124 Å². The molecule has 1 aromatic carbocycles. The van der Waals surface area contributed by atoms with Gasteiger partial charge in [0.25, 0.3) is 0 Å². The van der Waals surface area contributed by atoms with Crippen LogP contribution < -0.4 is 10.6 Å². The number of thioether (sulfide) groups is 1. The minimum absolute atomic E-state index is 0.615. The van der Waals surface area contributed by atoms with Gasteiger partial charge in [0, 0.05) is 35.4 Å². The highest BCUT2D eigenvalue weighted by atomic mass is 35.5. The van der Waals surface area contributed by atoms with Crippen molar-refractivity contribution in [3.8, 4) is 0 Å². The van der Waals surface area contributed by atoms with Crippen LogP contribution in [0.25, 0.3) is 0 Å². The van der Waals surface area contributed by atoms with Crippen molar-refractivity contribution in [1.82, 2.24) is 0 Å². The Hall–Kier alpha value is -0.0900. The first-order valence-electron chi connectivity index (χ1n) is 6.11. The first-order chi connectivity index (χ1) is 8.81. The van der Waals surface area contributed by atoms with Crippen molar-refractivity contribution >= 4 is 40.7 Å². The van der Waals surface area contributed by atoms with Crippen LogP contribution in [0.2, 0.25) is 0 Å². The van der Waals surface area contributed by atoms with Crippen LogP contribution >= 0.6 is 35.0 Å². The highest BCUT2D eigenvalue weighted by Gasteiger charge is 2.05. The molecule has 0 aromatic heterocycles. The lowest BCUT2D eigenvalue weighted by molar-refractivity contribution is 0.873. The minimum Gasteiger partial charge on any atom is -0.369 e. The second-order valence-corrected chi connectivity index (χ2v) is 5.77. The standard InChI is InChI=1S/C13H20Cl2N2S/c14-6-9-17(10-7-15)12-2-4-13(5-3-12)18-11-1-8-16/h2-5H,1,6-11,16H2. The van der Waals surface area contributed by atoms with Gasteiger partial charge in [-0.3, -0.25) is 0 Å². The molecule has 0 amide bonds. The molecule has 2 nitrogen and oxygen atoms in total. The van der Waals surface area contributed by atoms with Gasteiger partial charge in [0.15, 0.2) is 0 Å². The Bertz CT molecular complexity index is 313. The average molecular weight is 307 g/mol. The van der Waals surface area contributed by atoms with Crippen molar-refractivity contribution in [1.29, 1.82) is 0 Å². The van der Waals surface area contributed by atoms with Crippen LogP contribution in [-0.2, 0) is 0 Å². The highest BCUT2D eigenvalue weighted by Crippen LogP contribution is 2.22. The first-order valence-corrected chi connectivity index (χ1v) is 8.17. The number of rotatable bonds is 9. The lowest BCUT2D eigenvalue weighted by Crippen LogP contribution is -2.27. The summed E-state index contributed by atoms with van der Waals surface area (Å²) in [5.74, 6) is 2.30. The summed E-state index contributed by atoms with van der Waals surface area (Å²) in [4.78, 5) is 3.48. The van der Waals surface area contributed by atoms with Gasteiger partial charge < -0.3 is 10.6 Å². The van der Waals surface area contributed by atoms with E-state index in [2.05, 4.69) is 29.2 Å². The number of anilines is 1. The van der Waals surface area contributed by atoms with E-state index in [1.807, 2.05) is 11.8 Å². The van der Waals surface area contributed by atoms with Crippen molar-refractivity contribution in [2.45, 2.75) is 11.3 Å². The van der Waals surface area contributed by atoms with Gasteiger partial charge in [-0.05, 0) is 43.0 Å². The molecule has 102 valence electrons. The molecule has 1 rings (SSSR count). The zero-order valence-corrected chi connectivity index (χ0v) is 12.8. The Morgan fingerprint density at radius 2 is 1.67 bits per heavy atom. The zero-order chi connectivity index (χ0) is 13.2. The van der Waals surface area contributed by atoms with E-state index >= 15 is 0 Å². The van der Waals surface area contributed by atoms with Crippen LogP contribution in [-0.4, -0.2) is 37.1 Å². The van der Waals surface area contributed by atoms with Crippen molar-refractivity contribution in [2.75, 3.05) is 42.0 Å². The lowest BCUT2D eigenvalue weighted by atomic mass is 10.3. The van der Waals surface area contributed by atoms with Gasteiger partial charge >= 0.3 is 0 Å². The number of benzene rings is 1. The summed E-state index contributed by atoms with van der Waals surface area (Å²) in [5, 5.41) is 0. The molecule has 0 unspecified atom stereocenters. The van der Waals surface area contributed by atoms with Gasteiger partial charge in [-0.1, -0.05) is 0 Å². The van der Waals surface area contributed by atoms with Gasteiger partial charge in [0.2, 0.25) is 0 Å². The number of halogens is 2. The Morgan fingerprint density at radius 3 is 2.17 bits per heavy atom. The van der Waals surface area contributed by atoms with E-state index in [0.29, 0.717) is 11.8 Å². The molecule has 0 atom stereocenters. The maximum absolute atomic E-state index is 5.80.